The van der Waals surface area contributed by atoms with Crippen LogP contribution < -0.4 is 5.32 Å². The van der Waals surface area contributed by atoms with E-state index < -0.39 is 34.1 Å². The summed E-state index contributed by atoms with van der Waals surface area (Å²) in [5.74, 6) is -0.916. The van der Waals surface area contributed by atoms with Crippen LogP contribution in [0.5, 0.6) is 0 Å². The zero-order valence-electron chi connectivity index (χ0n) is 21.5. The highest BCUT2D eigenvalue weighted by Gasteiger charge is 2.32. The third-order valence-electron chi connectivity index (χ3n) is 5.81. The molecule has 0 aliphatic carbocycles. The molecule has 1 unspecified atom stereocenters. The molecule has 1 N–H and O–H groups in total. The molecule has 0 fully saturated rings. The first-order valence-electron chi connectivity index (χ1n) is 11.7. The average molecular weight is 565 g/mol. The Bertz CT molecular complexity index is 1420. The maximum absolute atomic E-state index is 13.5. The van der Waals surface area contributed by atoms with E-state index in [9.17, 15) is 18.0 Å². The Morgan fingerprint density at radius 1 is 0.973 bits per heavy atom. The maximum atomic E-state index is 13.5. The highest BCUT2D eigenvalue weighted by Crippen LogP contribution is 2.25. The number of sulfonamides is 1. The summed E-state index contributed by atoms with van der Waals surface area (Å²) in [5.41, 5.74) is 0.0589. The lowest BCUT2D eigenvalue weighted by molar-refractivity contribution is -0.141. The Morgan fingerprint density at radius 2 is 1.62 bits per heavy atom. The number of likely N-dealkylation sites (N-methyl/N-ethyl adjacent to an activating group) is 1. The van der Waals surface area contributed by atoms with Crippen LogP contribution in [0.15, 0.2) is 65.6 Å². The molecule has 0 aromatic heterocycles. The van der Waals surface area contributed by atoms with Gasteiger partial charge in [0.1, 0.15) is 6.04 Å². The molecule has 3 aromatic rings. The number of carbonyl (C=O) groups is 2. The van der Waals surface area contributed by atoms with Crippen LogP contribution in [0.3, 0.4) is 0 Å². The Morgan fingerprint density at radius 3 is 2.24 bits per heavy atom. The molecule has 7 nitrogen and oxygen atoms in total. The van der Waals surface area contributed by atoms with Gasteiger partial charge in [0, 0.05) is 29.2 Å². The Kier molecular flexibility index (Phi) is 8.90. The fraction of sp³-hybridized carbons (Fsp3) is 0.333. The van der Waals surface area contributed by atoms with E-state index in [1.54, 1.807) is 37.3 Å². The molecular formula is C27H31Cl2N3O4S. The molecule has 0 aliphatic heterocycles. The van der Waals surface area contributed by atoms with E-state index in [1.165, 1.54) is 18.0 Å². The molecule has 37 heavy (non-hydrogen) atoms. The zero-order chi connectivity index (χ0) is 27.5. The van der Waals surface area contributed by atoms with E-state index >= 15 is 0 Å². The number of carbonyl (C=O) groups excluding carboxylic acids is 2. The second-order valence-electron chi connectivity index (χ2n) is 9.94. The van der Waals surface area contributed by atoms with E-state index in [-0.39, 0.29) is 17.3 Å². The van der Waals surface area contributed by atoms with Crippen molar-refractivity contribution in [3.05, 3.63) is 76.3 Å². The number of hydrogen-bond donors (Lipinski definition) is 1. The van der Waals surface area contributed by atoms with E-state index in [1.807, 2.05) is 45.0 Å². The highest BCUT2D eigenvalue weighted by atomic mass is 35.5. The van der Waals surface area contributed by atoms with Crippen molar-refractivity contribution in [1.29, 1.82) is 0 Å². The summed E-state index contributed by atoms with van der Waals surface area (Å²) in [4.78, 5) is 27.9. The fourth-order valence-electron chi connectivity index (χ4n) is 3.76. The largest absolute Gasteiger partial charge is 0.350 e. The summed E-state index contributed by atoms with van der Waals surface area (Å²) in [6, 6.07) is 16.2. The molecule has 0 aliphatic rings. The van der Waals surface area contributed by atoms with E-state index in [0.29, 0.717) is 15.6 Å². The van der Waals surface area contributed by atoms with Gasteiger partial charge in [0.05, 0.1) is 11.4 Å². The van der Waals surface area contributed by atoms with Crippen LogP contribution in [0.1, 0.15) is 33.3 Å². The monoisotopic (exact) mass is 563 g/mol. The van der Waals surface area contributed by atoms with Crippen molar-refractivity contribution in [2.24, 2.45) is 0 Å². The fourth-order valence-corrected chi connectivity index (χ4v) is 5.39. The number of nitrogens with zero attached hydrogens (tertiary/aromatic N) is 2. The van der Waals surface area contributed by atoms with Gasteiger partial charge in [-0.2, -0.15) is 4.31 Å². The van der Waals surface area contributed by atoms with Crippen molar-refractivity contribution in [1.82, 2.24) is 14.5 Å². The minimum Gasteiger partial charge on any atom is -0.350 e. The van der Waals surface area contributed by atoms with Crippen molar-refractivity contribution in [3.8, 4) is 0 Å². The summed E-state index contributed by atoms with van der Waals surface area (Å²) in [6.07, 6.45) is 0. The number of halogens is 2. The highest BCUT2D eigenvalue weighted by molar-refractivity contribution is 7.89. The summed E-state index contributed by atoms with van der Waals surface area (Å²) in [7, 11) is -2.64. The van der Waals surface area contributed by atoms with Crippen LogP contribution in [0.2, 0.25) is 10.0 Å². The third-order valence-corrected chi connectivity index (χ3v) is 8.19. The second kappa shape index (κ2) is 11.4. The van der Waals surface area contributed by atoms with Gasteiger partial charge in [-0.25, -0.2) is 8.42 Å². The minimum atomic E-state index is -3.98. The summed E-state index contributed by atoms with van der Waals surface area (Å²) < 4.78 is 27.6. The van der Waals surface area contributed by atoms with Gasteiger partial charge in [0.15, 0.2) is 0 Å². The lowest BCUT2D eigenvalue weighted by Crippen LogP contribution is -2.54. The molecule has 0 heterocycles. The quantitative estimate of drug-likeness (QED) is 0.413. The lowest BCUT2D eigenvalue weighted by Gasteiger charge is -2.32. The molecule has 0 radical (unpaired) electrons. The smallest absolute Gasteiger partial charge is 0.243 e. The summed E-state index contributed by atoms with van der Waals surface area (Å²) in [6.45, 7) is 6.64. The van der Waals surface area contributed by atoms with Crippen molar-refractivity contribution in [2.45, 2.75) is 50.7 Å². The standard InChI is InChI=1S/C27H31Cl2N3O4S/c1-18(26(34)30-27(2,3)4)32(16-21-10-12-22(28)15-24(21)29)25(33)17-31(5)37(35,36)23-13-11-19-8-6-7-9-20(19)14-23/h6-15,18H,16-17H2,1-5H3,(H,30,34). The molecule has 10 heteroatoms. The van der Waals surface area contributed by atoms with Gasteiger partial charge in [-0.15, -0.1) is 0 Å². The van der Waals surface area contributed by atoms with Crippen LogP contribution in [0, 0.1) is 0 Å². The van der Waals surface area contributed by atoms with Crippen LogP contribution in [-0.2, 0) is 26.2 Å². The van der Waals surface area contributed by atoms with Crippen molar-refractivity contribution in [3.63, 3.8) is 0 Å². The molecule has 3 aromatic carbocycles. The van der Waals surface area contributed by atoms with Gasteiger partial charge in [-0.1, -0.05) is 59.6 Å². The molecule has 0 saturated carbocycles. The number of benzene rings is 3. The van der Waals surface area contributed by atoms with Crippen molar-refractivity contribution < 1.29 is 18.0 Å². The number of hydrogen-bond acceptors (Lipinski definition) is 4. The number of amides is 2. The molecule has 1 atom stereocenters. The summed E-state index contributed by atoms with van der Waals surface area (Å²) >= 11 is 12.4. The Labute approximate surface area is 228 Å². The number of fused-ring (bicyclic) bond motifs is 1. The van der Waals surface area contributed by atoms with Crippen LogP contribution in [-0.4, -0.2) is 54.6 Å². The lowest BCUT2D eigenvalue weighted by atomic mass is 10.1. The predicted octanol–water partition coefficient (Wildman–Crippen LogP) is 5.10. The number of rotatable bonds is 8. The molecule has 0 saturated heterocycles. The van der Waals surface area contributed by atoms with Gasteiger partial charge >= 0.3 is 0 Å². The first-order valence-corrected chi connectivity index (χ1v) is 13.9. The van der Waals surface area contributed by atoms with Gasteiger partial charge in [-0.3, -0.25) is 9.59 Å². The molecular weight excluding hydrogens is 533 g/mol. The minimum absolute atomic E-state index is 0.00255. The van der Waals surface area contributed by atoms with E-state index in [2.05, 4.69) is 5.32 Å². The van der Waals surface area contributed by atoms with Gasteiger partial charge in [0.2, 0.25) is 21.8 Å². The molecule has 2 amide bonds. The van der Waals surface area contributed by atoms with Crippen LogP contribution in [0.25, 0.3) is 10.8 Å². The second-order valence-corrected chi connectivity index (χ2v) is 12.8. The Balaban J connectivity index is 1.89. The predicted molar refractivity (Wildman–Crippen MR) is 148 cm³/mol. The first-order chi connectivity index (χ1) is 17.2. The molecule has 0 bridgehead atoms. The average Bonchev–Trinajstić information content (AvgIpc) is 2.81. The maximum Gasteiger partial charge on any atom is 0.243 e. The van der Waals surface area contributed by atoms with Gasteiger partial charge in [-0.05, 0) is 68.3 Å². The molecule has 3 rings (SSSR count). The Hall–Kier alpha value is -2.65. The topological polar surface area (TPSA) is 86.8 Å². The zero-order valence-corrected chi connectivity index (χ0v) is 23.8. The first kappa shape index (κ1) is 28.9. The van der Waals surface area contributed by atoms with Crippen LogP contribution in [0.4, 0.5) is 0 Å². The van der Waals surface area contributed by atoms with Crippen molar-refractivity contribution in [2.75, 3.05) is 13.6 Å². The number of nitrogens with one attached hydrogen (secondary N) is 1. The van der Waals surface area contributed by atoms with Gasteiger partial charge < -0.3 is 10.2 Å². The van der Waals surface area contributed by atoms with Crippen molar-refractivity contribution >= 4 is 55.8 Å². The van der Waals surface area contributed by atoms with Gasteiger partial charge in [0.25, 0.3) is 0 Å². The van der Waals surface area contributed by atoms with E-state index in [4.69, 9.17) is 23.2 Å². The summed E-state index contributed by atoms with van der Waals surface area (Å²) in [5, 5.41) is 5.33. The van der Waals surface area contributed by atoms with Crippen LogP contribution >= 0.6 is 23.2 Å². The molecule has 0 spiro atoms. The third kappa shape index (κ3) is 7.23. The molecule has 198 valence electrons. The SMILES string of the molecule is CC(C(=O)NC(C)(C)C)N(Cc1ccc(Cl)cc1Cl)C(=O)CN(C)S(=O)(=O)c1ccc2ccccc2c1. The van der Waals surface area contributed by atoms with E-state index in [0.717, 1.165) is 15.1 Å². The normalized spacial score (nSPS) is 13.0.